The van der Waals surface area contributed by atoms with Gasteiger partial charge < -0.3 is 4.57 Å². The molecule has 0 amide bonds. The Bertz CT molecular complexity index is 1030. The average Bonchev–Trinajstić information content (AvgIpc) is 2.93. The zero-order valence-corrected chi connectivity index (χ0v) is 15.1. The molecule has 138 valence electrons. The molecule has 26 heavy (non-hydrogen) atoms. The number of fused-ring (bicyclic) bond motifs is 1. The van der Waals surface area contributed by atoms with E-state index in [0.29, 0.717) is 12.5 Å². The largest absolute Gasteiger partial charge is 0.332 e. The van der Waals surface area contributed by atoms with E-state index in [2.05, 4.69) is 16.6 Å². The first-order valence-electron chi connectivity index (χ1n) is 8.30. The van der Waals surface area contributed by atoms with Crippen LogP contribution in [0.2, 0.25) is 0 Å². The molecule has 5 nitrogen and oxygen atoms in total. The number of aromatic nitrogens is 2. The number of aryl methyl sites for hydroxylation is 1. The normalized spacial score (nSPS) is 12.0. The van der Waals surface area contributed by atoms with Gasteiger partial charge in [0, 0.05) is 36.9 Å². The van der Waals surface area contributed by atoms with E-state index >= 15 is 0 Å². The molecule has 3 rings (SSSR count). The lowest BCUT2D eigenvalue weighted by Gasteiger charge is -2.07. The van der Waals surface area contributed by atoms with Crippen LogP contribution >= 0.6 is 0 Å². The zero-order chi connectivity index (χ0) is 18.7. The Balaban J connectivity index is 1.76. The smallest absolute Gasteiger partial charge is 0.243 e. The van der Waals surface area contributed by atoms with Gasteiger partial charge in [-0.2, -0.15) is 0 Å². The maximum atomic E-state index is 13.7. The molecule has 2 heterocycles. The van der Waals surface area contributed by atoms with Crippen molar-refractivity contribution in [1.29, 1.82) is 0 Å². The summed E-state index contributed by atoms with van der Waals surface area (Å²) in [6.07, 6.45) is 5.07. The Morgan fingerprint density at radius 2 is 2.04 bits per heavy atom. The van der Waals surface area contributed by atoms with Crippen molar-refractivity contribution >= 4 is 21.1 Å². The second-order valence-electron chi connectivity index (χ2n) is 5.94. The highest BCUT2D eigenvalue weighted by molar-refractivity contribution is 7.89. The molecule has 1 N–H and O–H groups in total. The van der Waals surface area contributed by atoms with Gasteiger partial charge in [-0.15, -0.1) is 0 Å². The highest BCUT2D eigenvalue weighted by Crippen LogP contribution is 2.20. The predicted octanol–water partition coefficient (Wildman–Crippen LogP) is 3.25. The third-order valence-corrected chi connectivity index (χ3v) is 5.55. The summed E-state index contributed by atoms with van der Waals surface area (Å²) in [5, 5.41) is 0.966. The van der Waals surface area contributed by atoms with Crippen LogP contribution in [0.3, 0.4) is 0 Å². The summed E-state index contributed by atoms with van der Waals surface area (Å²) in [6, 6.07) is 6.17. The summed E-state index contributed by atoms with van der Waals surface area (Å²) in [5.74, 6) is -1.93. The fourth-order valence-electron chi connectivity index (χ4n) is 2.90. The van der Waals surface area contributed by atoms with Crippen molar-refractivity contribution in [2.45, 2.75) is 31.2 Å². The molecule has 8 heteroatoms. The minimum atomic E-state index is -4.05. The molecule has 0 unspecified atom stereocenters. The van der Waals surface area contributed by atoms with Gasteiger partial charge in [0.25, 0.3) is 0 Å². The van der Waals surface area contributed by atoms with Gasteiger partial charge in [-0.05, 0) is 42.7 Å². The number of benzene rings is 1. The van der Waals surface area contributed by atoms with Gasteiger partial charge >= 0.3 is 0 Å². The van der Waals surface area contributed by atoms with Crippen molar-refractivity contribution in [2.24, 2.45) is 0 Å². The number of halogens is 2. The number of nitrogens with one attached hydrogen (secondary N) is 1. The maximum Gasteiger partial charge on any atom is 0.243 e. The van der Waals surface area contributed by atoms with E-state index in [-0.39, 0.29) is 6.54 Å². The van der Waals surface area contributed by atoms with Crippen LogP contribution in [0.4, 0.5) is 8.78 Å². The fraction of sp³-hybridized carbons (Fsp3) is 0.278. The average molecular weight is 379 g/mol. The Kier molecular flexibility index (Phi) is 5.33. The summed E-state index contributed by atoms with van der Waals surface area (Å²) in [5.41, 5.74) is 1.82. The summed E-state index contributed by atoms with van der Waals surface area (Å²) in [7, 11) is -4.05. The highest BCUT2D eigenvalue weighted by atomic mass is 32.2. The van der Waals surface area contributed by atoms with Crippen LogP contribution in [0.5, 0.6) is 0 Å². The first kappa shape index (κ1) is 18.5. The summed E-state index contributed by atoms with van der Waals surface area (Å²) >= 11 is 0. The molecule has 0 saturated carbocycles. The van der Waals surface area contributed by atoms with Gasteiger partial charge in [0.05, 0.1) is 0 Å². The highest BCUT2D eigenvalue weighted by Gasteiger charge is 2.19. The number of sulfonamides is 1. The molecule has 0 spiro atoms. The topological polar surface area (TPSA) is 64.0 Å². The molecule has 0 saturated heterocycles. The molecular formula is C18H19F2N3O2S. The van der Waals surface area contributed by atoms with E-state index in [1.54, 1.807) is 6.20 Å². The van der Waals surface area contributed by atoms with Gasteiger partial charge in [-0.1, -0.05) is 6.92 Å². The molecule has 0 fully saturated rings. The van der Waals surface area contributed by atoms with Gasteiger partial charge in [0.2, 0.25) is 10.0 Å². The summed E-state index contributed by atoms with van der Waals surface area (Å²) in [6.45, 7) is 2.99. The standard InChI is InChI=1S/C18H19F2N3O2S/c1-2-10-23-12-13(15-4-3-8-21-18(15)23)7-9-22-26(24,25)17-6-5-14(19)11-16(17)20/h3-6,8,11-12,22H,2,7,9-10H2,1H3. The molecule has 0 radical (unpaired) electrons. The van der Waals surface area contributed by atoms with Crippen molar-refractivity contribution in [3.8, 4) is 0 Å². The predicted molar refractivity (Wildman–Crippen MR) is 95.3 cm³/mol. The molecule has 0 aliphatic rings. The fourth-order valence-corrected chi connectivity index (χ4v) is 3.99. The van der Waals surface area contributed by atoms with Gasteiger partial charge in [0.1, 0.15) is 22.2 Å². The van der Waals surface area contributed by atoms with E-state index in [1.807, 2.05) is 22.9 Å². The van der Waals surface area contributed by atoms with Crippen molar-refractivity contribution in [3.05, 3.63) is 59.9 Å². The second kappa shape index (κ2) is 7.51. The van der Waals surface area contributed by atoms with Crippen molar-refractivity contribution in [1.82, 2.24) is 14.3 Å². The van der Waals surface area contributed by atoms with E-state index in [1.165, 1.54) is 0 Å². The van der Waals surface area contributed by atoms with Crippen LogP contribution in [0.1, 0.15) is 18.9 Å². The minimum absolute atomic E-state index is 0.0965. The molecule has 2 aromatic heterocycles. The van der Waals surface area contributed by atoms with Crippen LogP contribution in [0.25, 0.3) is 11.0 Å². The van der Waals surface area contributed by atoms with Crippen LogP contribution in [-0.4, -0.2) is 24.5 Å². The summed E-state index contributed by atoms with van der Waals surface area (Å²) < 4.78 is 55.6. The van der Waals surface area contributed by atoms with Crippen LogP contribution in [0, 0.1) is 11.6 Å². The lowest BCUT2D eigenvalue weighted by Crippen LogP contribution is -2.26. The molecular weight excluding hydrogens is 360 g/mol. The minimum Gasteiger partial charge on any atom is -0.332 e. The van der Waals surface area contributed by atoms with E-state index in [9.17, 15) is 17.2 Å². The monoisotopic (exact) mass is 379 g/mol. The van der Waals surface area contributed by atoms with Gasteiger partial charge in [-0.3, -0.25) is 0 Å². The molecule has 0 bridgehead atoms. The summed E-state index contributed by atoms with van der Waals surface area (Å²) in [4.78, 5) is 3.82. The van der Waals surface area contributed by atoms with E-state index in [0.717, 1.165) is 41.7 Å². The van der Waals surface area contributed by atoms with Gasteiger partial charge in [0.15, 0.2) is 0 Å². The van der Waals surface area contributed by atoms with Gasteiger partial charge in [-0.25, -0.2) is 26.9 Å². The maximum absolute atomic E-state index is 13.7. The third-order valence-electron chi connectivity index (χ3n) is 4.05. The Morgan fingerprint density at radius 3 is 2.77 bits per heavy atom. The zero-order valence-electron chi connectivity index (χ0n) is 14.2. The van der Waals surface area contributed by atoms with Crippen molar-refractivity contribution in [2.75, 3.05) is 6.54 Å². The first-order valence-corrected chi connectivity index (χ1v) is 9.78. The molecule has 1 aromatic carbocycles. The van der Waals surface area contributed by atoms with Crippen molar-refractivity contribution in [3.63, 3.8) is 0 Å². The van der Waals surface area contributed by atoms with Crippen LogP contribution in [0.15, 0.2) is 47.6 Å². The number of pyridine rings is 1. The molecule has 0 atom stereocenters. The number of hydrogen-bond donors (Lipinski definition) is 1. The SMILES string of the molecule is CCCn1cc(CCNS(=O)(=O)c2ccc(F)cc2F)c2cccnc21. The first-order chi connectivity index (χ1) is 12.4. The Hall–Kier alpha value is -2.32. The van der Waals surface area contributed by atoms with Crippen LogP contribution in [-0.2, 0) is 23.0 Å². The number of nitrogens with zero attached hydrogens (tertiary/aromatic N) is 2. The lowest BCUT2D eigenvalue weighted by atomic mass is 10.2. The second-order valence-corrected chi connectivity index (χ2v) is 7.68. The lowest BCUT2D eigenvalue weighted by molar-refractivity contribution is 0.543. The van der Waals surface area contributed by atoms with Crippen LogP contribution < -0.4 is 4.72 Å². The Labute approximate surface area is 150 Å². The Morgan fingerprint density at radius 1 is 1.23 bits per heavy atom. The molecule has 3 aromatic rings. The number of rotatable bonds is 7. The molecule has 0 aliphatic heterocycles. The molecule has 0 aliphatic carbocycles. The third kappa shape index (κ3) is 3.76. The van der Waals surface area contributed by atoms with E-state index < -0.39 is 26.6 Å². The quantitative estimate of drug-likeness (QED) is 0.685. The van der Waals surface area contributed by atoms with Crippen molar-refractivity contribution < 1.29 is 17.2 Å². The number of hydrogen-bond acceptors (Lipinski definition) is 3. The van der Waals surface area contributed by atoms with E-state index in [4.69, 9.17) is 0 Å².